The second kappa shape index (κ2) is 8.11. The van der Waals surface area contributed by atoms with E-state index >= 15 is 0 Å². The molecule has 136 valence electrons. The Balaban J connectivity index is 1.46. The van der Waals surface area contributed by atoms with E-state index < -0.39 is 12.0 Å². The Morgan fingerprint density at radius 2 is 1.92 bits per heavy atom. The molecule has 0 bridgehead atoms. The van der Waals surface area contributed by atoms with Crippen molar-refractivity contribution in [2.45, 2.75) is 0 Å². The molecule has 8 heteroatoms. The Morgan fingerprint density at radius 1 is 1.12 bits per heavy atom. The number of carbonyl (C=O) groups is 2. The van der Waals surface area contributed by atoms with Crippen LogP contribution in [0.5, 0.6) is 17.2 Å². The summed E-state index contributed by atoms with van der Waals surface area (Å²) in [5.74, 6) is 1.41. The van der Waals surface area contributed by atoms with Crippen LogP contribution in [0.25, 0.3) is 0 Å². The fraction of sp³-hybridized carbons (Fsp3) is 0.222. The number of esters is 1. The van der Waals surface area contributed by atoms with Crippen molar-refractivity contribution in [3.63, 3.8) is 0 Å². The summed E-state index contributed by atoms with van der Waals surface area (Å²) in [6.07, 6.45) is 0. The molecule has 0 saturated heterocycles. The van der Waals surface area contributed by atoms with E-state index in [0.29, 0.717) is 22.9 Å². The molecule has 0 unspecified atom stereocenters. The fourth-order valence-electron chi connectivity index (χ4n) is 2.35. The van der Waals surface area contributed by atoms with Gasteiger partial charge in [0, 0.05) is 6.07 Å². The van der Waals surface area contributed by atoms with Crippen LogP contribution in [0, 0.1) is 0 Å². The van der Waals surface area contributed by atoms with Crippen LogP contribution in [-0.2, 0) is 4.74 Å². The largest absolute Gasteiger partial charge is 0.492 e. The van der Waals surface area contributed by atoms with Crippen LogP contribution in [0.3, 0.4) is 0 Å². The third-order valence-electron chi connectivity index (χ3n) is 3.58. The van der Waals surface area contributed by atoms with Crippen molar-refractivity contribution in [1.82, 2.24) is 5.32 Å². The highest BCUT2D eigenvalue weighted by Crippen LogP contribution is 2.34. The third kappa shape index (κ3) is 4.15. The molecule has 2 amide bonds. The van der Waals surface area contributed by atoms with Crippen LogP contribution in [0.4, 0.5) is 10.5 Å². The lowest BCUT2D eigenvalue weighted by Gasteiger charge is -2.11. The van der Waals surface area contributed by atoms with Crippen LogP contribution >= 0.6 is 0 Å². The number of carbonyl (C=O) groups excluding carboxylic acids is 2. The van der Waals surface area contributed by atoms with Crippen molar-refractivity contribution < 1.29 is 28.5 Å². The quantitative estimate of drug-likeness (QED) is 0.608. The van der Waals surface area contributed by atoms with Crippen molar-refractivity contribution in [3.8, 4) is 17.2 Å². The highest BCUT2D eigenvalue weighted by molar-refractivity contribution is 6.00. The van der Waals surface area contributed by atoms with E-state index in [1.54, 1.807) is 42.5 Å². The second-order valence-electron chi connectivity index (χ2n) is 5.28. The molecule has 2 aromatic carbocycles. The highest BCUT2D eigenvalue weighted by atomic mass is 16.7. The number of ether oxygens (including phenoxy) is 4. The van der Waals surface area contributed by atoms with Gasteiger partial charge in [-0.3, -0.25) is 0 Å². The van der Waals surface area contributed by atoms with Crippen LogP contribution in [0.15, 0.2) is 42.5 Å². The first-order chi connectivity index (χ1) is 12.7. The van der Waals surface area contributed by atoms with Gasteiger partial charge in [0.15, 0.2) is 11.5 Å². The fourth-order valence-corrected chi connectivity index (χ4v) is 2.35. The second-order valence-corrected chi connectivity index (χ2v) is 5.28. The number of methoxy groups -OCH3 is 1. The average Bonchev–Trinajstić information content (AvgIpc) is 3.13. The molecule has 0 fully saturated rings. The summed E-state index contributed by atoms with van der Waals surface area (Å²) < 4.78 is 20.7. The minimum atomic E-state index is -0.521. The number of fused-ring (bicyclic) bond motifs is 1. The van der Waals surface area contributed by atoms with Crippen molar-refractivity contribution in [3.05, 3.63) is 48.0 Å². The van der Waals surface area contributed by atoms with Crippen LogP contribution in [0.1, 0.15) is 10.4 Å². The number of hydrogen-bond donors (Lipinski definition) is 2. The monoisotopic (exact) mass is 358 g/mol. The maximum absolute atomic E-state index is 12.0. The minimum absolute atomic E-state index is 0.202. The van der Waals surface area contributed by atoms with E-state index in [-0.39, 0.29) is 25.5 Å². The summed E-state index contributed by atoms with van der Waals surface area (Å²) in [6.45, 7) is 0.750. The number of amides is 2. The predicted molar refractivity (Wildman–Crippen MR) is 92.9 cm³/mol. The number of para-hydroxylation sites is 1. The Kier molecular flexibility index (Phi) is 5.43. The molecule has 1 heterocycles. The lowest BCUT2D eigenvalue weighted by atomic mass is 10.2. The summed E-state index contributed by atoms with van der Waals surface area (Å²) in [6, 6.07) is 11.4. The smallest absolute Gasteiger partial charge is 0.339 e. The molecule has 0 radical (unpaired) electrons. The topological polar surface area (TPSA) is 95.1 Å². The van der Waals surface area contributed by atoms with Gasteiger partial charge < -0.3 is 29.6 Å². The van der Waals surface area contributed by atoms with E-state index in [9.17, 15) is 9.59 Å². The highest BCUT2D eigenvalue weighted by Gasteiger charge is 2.14. The van der Waals surface area contributed by atoms with Gasteiger partial charge in [-0.2, -0.15) is 0 Å². The molecule has 0 saturated carbocycles. The van der Waals surface area contributed by atoms with Crippen LogP contribution in [-0.4, -0.2) is 39.1 Å². The lowest BCUT2D eigenvalue weighted by Crippen LogP contribution is -2.32. The van der Waals surface area contributed by atoms with Crippen LogP contribution in [0.2, 0.25) is 0 Å². The van der Waals surface area contributed by atoms with Crippen LogP contribution < -0.4 is 24.8 Å². The maximum atomic E-state index is 12.0. The van der Waals surface area contributed by atoms with Gasteiger partial charge >= 0.3 is 12.0 Å². The van der Waals surface area contributed by atoms with E-state index in [2.05, 4.69) is 15.4 Å². The number of benzene rings is 2. The average molecular weight is 358 g/mol. The number of hydrogen-bond acceptors (Lipinski definition) is 6. The summed E-state index contributed by atoms with van der Waals surface area (Å²) in [5, 5.41) is 5.27. The molecule has 0 aliphatic carbocycles. The molecule has 0 spiro atoms. The normalized spacial score (nSPS) is 11.6. The number of urea groups is 1. The first-order valence-electron chi connectivity index (χ1n) is 7.92. The standard InChI is InChI=1S/C18H18N2O6/c1-23-17(21)13-4-2-3-5-14(13)20-18(22)19-8-9-24-12-6-7-15-16(10-12)26-11-25-15/h2-7,10H,8-9,11H2,1H3,(H2,19,20,22). The Bertz CT molecular complexity index is 808. The zero-order valence-corrected chi connectivity index (χ0v) is 14.1. The molecule has 2 N–H and O–H groups in total. The van der Waals surface area contributed by atoms with Crippen molar-refractivity contribution in [1.29, 1.82) is 0 Å². The molecule has 8 nitrogen and oxygen atoms in total. The molecule has 3 rings (SSSR count). The van der Waals surface area contributed by atoms with Gasteiger partial charge in [0.25, 0.3) is 0 Å². The van der Waals surface area contributed by atoms with Gasteiger partial charge in [-0.15, -0.1) is 0 Å². The van der Waals surface area contributed by atoms with E-state index in [1.807, 2.05) is 0 Å². The molecule has 1 aliphatic heterocycles. The summed E-state index contributed by atoms with van der Waals surface area (Å²) in [4.78, 5) is 23.7. The third-order valence-corrected chi connectivity index (χ3v) is 3.58. The minimum Gasteiger partial charge on any atom is -0.492 e. The van der Waals surface area contributed by atoms with Gasteiger partial charge in [-0.1, -0.05) is 12.1 Å². The molecule has 1 aliphatic rings. The summed E-state index contributed by atoms with van der Waals surface area (Å²) in [7, 11) is 1.28. The number of rotatable bonds is 6. The molecule has 0 aromatic heterocycles. The van der Waals surface area contributed by atoms with Gasteiger partial charge in [-0.05, 0) is 24.3 Å². The Morgan fingerprint density at radius 3 is 2.77 bits per heavy atom. The molecule has 2 aromatic rings. The zero-order chi connectivity index (χ0) is 18.4. The number of anilines is 1. The lowest BCUT2D eigenvalue weighted by molar-refractivity contribution is 0.0602. The summed E-state index contributed by atoms with van der Waals surface area (Å²) in [5.41, 5.74) is 0.648. The van der Waals surface area contributed by atoms with Crippen molar-refractivity contribution in [2.24, 2.45) is 0 Å². The van der Waals surface area contributed by atoms with E-state index in [1.165, 1.54) is 7.11 Å². The summed E-state index contributed by atoms with van der Waals surface area (Å²) >= 11 is 0. The van der Waals surface area contributed by atoms with Gasteiger partial charge in [0.2, 0.25) is 6.79 Å². The van der Waals surface area contributed by atoms with Crippen molar-refractivity contribution >= 4 is 17.7 Å². The molecule has 0 atom stereocenters. The van der Waals surface area contributed by atoms with E-state index in [0.717, 1.165) is 0 Å². The van der Waals surface area contributed by atoms with Gasteiger partial charge in [0.1, 0.15) is 12.4 Å². The van der Waals surface area contributed by atoms with Crippen molar-refractivity contribution in [2.75, 3.05) is 32.4 Å². The first kappa shape index (κ1) is 17.4. The Hall–Kier alpha value is -3.42. The molecular weight excluding hydrogens is 340 g/mol. The molecular formula is C18H18N2O6. The SMILES string of the molecule is COC(=O)c1ccccc1NC(=O)NCCOc1ccc2c(c1)OCO2. The Labute approximate surface area is 150 Å². The maximum Gasteiger partial charge on any atom is 0.339 e. The first-order valence-corrected chi connectivity index (χ1v) is 7.92. The number of nitrogens with one attached hydrogen (secondary N) is 2. The van der Waals surface area contributed by atoms with Gasteiger partial charge in [0.05, 0.1) is 24.9 Å². The predicted octanol–water partition coefficient (Wildman–Crippen LogP) is 2.40. The van der Waals surface area contributed by atoms with E-state index in [4.69, 9.17) is 14.2 Å². The molecule has 26 heavy (non-hydrogen) atoms. The van der Waals surface area contributed by atoms with Gasteiger partial charge in [-0.25, -0.2) is 9.59 Å². The zero-order valence-electron chi connectivity index (χ0n) is 14.1.